The molecule has 1 rings (SSSR count). The molecule has 0 bridgehead atoms. The normalized spacial score (nSPS) is 13.6. The number of aliphatic hydroxyl groups is 1. The number of amides is 3. The number of aliphatic hydroxyl groups excluding tert-OH is 1. The molecule has 20 heavy (non-hydrogen) atoms. The van der Waals surface area contributed by atoms with Crippen LogP contribution in [0.3, 0.4) is 0 Å². The lowest BCUT2D eigenvalue weighted by atomic mass is 10.1. The van der Waals surface area contributed by atoms with Crippen molar-refractivity contribution in [1.29, 1.82) is 0 Å². The number of primary amides is 1. The second-order valence-corrected chi connectivity index (χ2v) is 4.91. The quantitative estimate of drug-likeness (QED) is 0.610. The number of carbonyl (C=O) groups excluding carboxylic acids is 2. The van der Waals surface area contributed by atoms with Gasteiger partial charge in [0.15, 0.2) is 0 Å². The summed E-state index contributed by atoms with van der Waals surface area (Å²) in [4.78, 5) is 23.1. The van der Waals surface area contributed by atoms with Gasteiger partial charge < -0.3 is 21.5 Å². The fourth-order valence-electron chi connectivity index (χ4n) is 1.63. The van der Waals surface area contributed by atoms with Crippen molar-refractivity contribution in [2.24, 2.45) is 11.7 Å². The first-order valence-electron chi connectivity index (χ1n) is 6.48. The van der Waals surface area contributed by atoms with Gasteiger partial charge in [-0.3, -0.25) is 4.79 Å². The highest BCUT2D eigenvalue weighted by atomic mass is 16.3. The average molecular weight is 279 g/mol. The van der Waals surface area contributed by atoms with Gasteiger partial charge in [-0.25, -0.2) is 4.79 Å². The third-order valence-corrected chi connectivity index (χ3v) is 2.94. The Kier molecular flexibility index (Phi) is 5.99. The summed E-state index contributed by atoms with van der Waals surface area (Å²) in [6, 6.07) is 7.14. The summed E-state index contributed by atoms with van der Waals surface area (Å²) in [6.07, 6.45) is -0.635. The topological polar surface area (TPSA) is 104 Å². The van der Waals surface area contributed by atoms with Crippen molar-refractivity contribution in [3.63, 3.8) is 0 Å². The number of nitrogens with one attached hydrogen (secondary N) is 2. The van der Waals surface area contributed by atoms with Crippen molar-refractivity contribution >= 4 is 11.9 Å². The Balaban J connectivity index is 2.73. The van der Waals surface area contributed by atoms with E-state index in [0.717, 1.165) is 0 Å². The molecule has 0 aliphatic rings. The minimum absolute atomic E-state index is 0.0366. The molecule has 0 radical (unpaired) electrons. The van der Waals surface area contributed by atoms with Gasteiger partial charge in [0.05, 0.1) is 6.10 Å². The molecule has 0 fully saturated rings. The van der Waals surface area contributed by atoms with Crippen LogP contribution in [-0.2, 0) is 4.79 Å². The Hall–Kier alpha value is -2.08. The minimum Gasteiger partial charge on any atom is -0.391 e. The number of benzene rings is 1. The Morgan fingerprint density at radius 3 is 2.35 bits per heavy atom. The van der Waals surface area contributed by atoms with Crippen LogP contribution in [0.1, 0.15) is 25.5 Å². The van der Waals surface area contributed by atoms with Crippen LogP contribution in [0.25, 0.3) is 0 Å². The van der Waals surface area contributed by atoms with Gasteiger partial charge in [-0.15, -0.1) is 0 Å². The van der Waals surface area contributed by atoms with E-state index >= 15 is 0 Å². The second-order valence-electron chi connectivity index (χ2n) is 4.91. The lowest BCUT2D eigenvalue weighted by Gasteiger charge is -2.20. The van der Waals surface area contributed by atoms with E-state index < -0.39 is 24.1 Å². The fourth-order valence-corrected chi connectivity index (χ4v) is 1.63. The van der Waals surface area contributed by atoms with Crippen LogP contribution in [0.4, 0.5) is 4.79 Å². The third kappa shape index (κ3) is 4.89. The van der Waals surface area contributed by atoms with E-state index in [0.29, 0.717) is 5.56 Å². The number of rotatable bonds is 6. The van der Waals surface area contributed by atoms with Gasteiger partial charge in [0.25, 0.3) is 0 Å². The summed E-state index contributed by atoms with van der Waals surface area (Å²) in [5.74, 6) is -0.371. The predicted octanol–water partition coefficient (Wildman–Crippen LogP) is 0.529. The molecule has 0 aliphatic heterocycles. The lowest BCUT2D eigenvalue weighted by Crippen LogP contribution is -2.45. The molecule has 0 heterocycles. The highest BCUT2D eigenvalue weighted by Crippen LogP contribution is 2.12. The van der Waals surface area contributed by atoms with E-state index in [9.17, 15) is 14.7 Å². The summed E-state index contributed by atoms with van der Waals surface area (Å²) in [5.41, 5.74) is 5.72. The summed E-state index contributed by atoms with van der Waals surface area (Å²) >= 11 is 0. The zero-order chi connectivity index (χ0) is 15.1. The molecule has 2 unspecified atom stereocenters. The first-order chi connectivity index (χ1) is 9.41. The summed E-state index contributed by atoms with van der Waals surface area (Å²) in [5, 5.41) is 14.7. The van der Waals surface area contributed by atoms with E-state index in [1.54, 1.807) is 24.3 Å². The molecule has 6 heteroatoms. The average Bonchev–Trinajstić information content (AvgIpc) is 2.42. The summed E-state index contributed by atoms with van der Waals surface area (Å²) in [7, 11) is 0. The van der Waals surface area contributed by atoms with Gasteiger partial charge in [0.2, 0.25) is 5.91 Å². The van der Waals surface area contributed by atoms with Gasteiger partial charge in [-0.05, 0) is 11.5 Å². The number of hydrogen-bond acceptors (Lipinski definition) is 3. The smallest absolute Gasteiger partial charge is 0.313 e. The molecule has 0 aromatic heterocycles. The largest absolute Gasteiger partial charge is 0.391 e. The Morgan fingerprint density at radius 2 is 1.85 bits per heavy atom. The van der Waals surface area contributed by atoms with Crippen LogP contribution < -0.4 is 16.4 Å². The summed E-state index contributed by atoms with van der Waals surface area (Å²) in [6.45, 7) is 3.83. The maximum Gasteiger partial charge on any atom is 0.313 e. The van der Waals surface area contributed by atoms with Gasteiger partial charge in [-0.2, -0.15) is 0 Å². The molecule has 5 N–H and O–H groups in total. The Morgan fingerprint density at radius 1 is 1.25 bits per heavy atom. The summed E-state index contributed by atoms with van der Waals surface area (Å²) < 4.78 is 0. The van der Waals surface area contributed by atoms with E-state index in [4.69, 9.17) is 5.73 Å². The molecule has 110 valence electrons. The fraction of sp³-hybridized carbons (Fsp3) is 0.429. The Labute approximate surface area is 118 Å². The molecule has 2 atom stereocenters. The predicted molar refractivity (Wildman–Crippen MR) is 75.8 cm³/mol. The van der Waals surface area contributed by atoms with E-state index in [-0.39, 0.29) is 12.5 Å². The first-order valence-corrected chi connectivity index (χ1v) is 6.48. The van der Waals surface area contributed by atoms with Crippen molar-refractivity contribution in [2.75, 3.05) is 6.54 Å². The van der Waals surface area contributed by atoms with Crippen LogP contribution >= 0.6 is 0 Å². The maximum atomic E-state index is 12.1. The third-order valence-electron chi connectivity index (χ3n) is 2.94. The van der Waals surface area contributed by atoms with Crippen LogP contribution in [-0.4, -0.2) is 29.7 Å². The molecule has 0 saturated heterocycles. The highest BCUT2D eigenvalue weighted by Gasteiger charge is 2.22. The van der Waals surface area contributed by atoms with E-state index in [1.165, 1.54) is 0 Å². The van der Waals surface area contributed by atoms with E-state index in [1.807, 2.05) is 19.9 Å². The number of hydrogen-bond donors (Lipinski definition) is 4. The van der Waals surface area contributed by atoms with Gasteiger partial charge in [0, 0.05) is 6.54 Å². The molecular formula is C14H21N3O3. The standard InChI is InChI=1S/C14H21N3O3/c1-9(2)11(18)8-16-13(19)12(17-14(15)20)10-6-4-3-5-7-10/h3-7,9,11-12,18H,8H2,1-2H3,(H,16,19)(H3,15,17,20). The maximum absolute atomic E-state index is 12.1. The van der Waals surface area contributed by atoms with Crippen LogP contribution in [0.15, 0.2) is 30.3 Å². The zero-order valence-corrected chi connectivity index (χ0v) is 11.7. The van der Waals surface area contributed by atoms with Crippen molar-refractivity contribution < 1.29 is 14.7 Å². The first kappa shape index (κ1) is 16.0. The van der Waals surface area contributed by atoms with Crippen LogP contribution in [0, 0.1) is 5.92 Å². The van der Waals surface area contributed by atoms with Crippen molar-refractivity contribution in [2.45, 2.75) is 26.0 Å². The van der Waals surface area contributed by atoms with Gasteiger partial charge >= 0.3 is 6.03 Å². The lowest BCUT2D eigenvalue weighted by molar-refractivity contribution is -0.123. The van der Waals surface area contributed by atoms with Crippen molar-refractivity contribution in [1.82, 2.24) is 10.6 Å². The van der Waals surface area contributed by atoms with Crippen molar-refractivity contribution in [3.8, 4) is 0 Å². The molecular weight excluding hydrogens is 258 g/mol. The minimum atomic E-state index is -0.868. The second kappa shape index (κ2) is 7.49. The highest BCUT2D eigenvalue weighted by molar-refractivity contribution is 5.87. The number of carbonyl (C=O) groups is 2. The SMILES string of the molecule is CC(C)C(O)CNC(=O)C(NC(N)=O)c1ccccc1. The number of nitrogens with two attached hydrogens (primary N) is 1. The molecule has 1 aromatic rings. The van der Waals surface area contributed by atoms with Crippen LogP contribution in [0.2, 0.25) is 0 Å². The molecule has 0 saturated carbocycles. The van der Waals surface area contributed by atoms with Crippen molar-refractivity contribution in [3.05, 3.63) is 35.9 Å². The molecule has 0 spiro atoms. The van der Waals surface area contributed by atoms with E-state index in [2.05, 4.69) is 10.6 Å². The number of urea groups is 1. The zero-order valence-electron chi connectivity index (χ0n) is 11.7. The molecule has 1 aromatic carbocycles. The Bertz CT molecular complexity index is 448. The van der Waals surface area contributed by atoms with Crippen LogP contribution in [0.5, 0.6) is 0 Å². The molecule has 3 amide bonds. The molecule has 0 aliphatic carbocycles. The molecule has 6 nitrogen and oxygen atoms in total. The van der Waals surface area contributed by atoms with Gasteiger partial charge in [-0.1, -0.05) is 44.2 Å². The van der Waals surface area contributed by atoms with Gasteiger partial charge in [0.1, 0.15) is 6.04 Å². The monoisotopic (exact) mass is 279 g/mol.